The maximum Gasteiger partial charge on any atom is 0.416 e. The molecule has 34 heavy (non-hydrogen) atoms. The molecule has 0 radical (unpaired) electrons. The first-order valence-corrected chi connectivity index (χ1v) is 11.8. The third kappa shape index (κ3) is 3.87. The fourth-order valence-corrected chi connectivity index (χ4v) is 6.09. The predicted octanol–water partition coefficient (Wildman–Crippen LogP) is 5.13. The maximum absolute atomic E-state index is 13.9. The van der Waals surface area contributed by atoms with Crippen LogP contribution in [-0.2, 0) is 6.18 Å². The highest BCUT2D eigenvalue weighted by Crippen LogP contribution is 2.59. The zero-order valence-electron chi connectivity index (χ0n) is 19.3. The summed E-state index contributed by atoms with van der Waals surface area (Å²) in [5, 5.41) is 10.4. The van der Waals surface area contributed by atoms with E-state index in [0.29, 0.717) is 36.3 Å². The molecule has 2 fully saturated rings. The fourth-order valence-electron chi connectivity index (χ4n) is 6.09. The van der Waals surface area contributed by atoms with Crippen molar-refractivity contribution in [1.29, 1.82) is 0 Å². The second-order valence-electron chi connectivity index (χ2n) is 10.5. The van der Waals surface area contributed by atoms with Crippen molar-refractivity contribution in [2.45, 2.75) is 51.7 Å². The number of alkyl halides is 3. The topological polar surface area (TPSA) is 50.4 Å². The van der Waals surface area contributed by atoms with Crippen molar-refractivity contribution in [1.82, 2.24) is 14.0 Å². The van der Waals surface area contributed by atoms with Crippen LogP contribution >= 0.6 is 0 Å². The molecule has 6 rings (SSSR count). The Hall–Kier alpha value is -2.55. The summed E-state index contributed by atoms with van der Waals surface area (Å²) in [6, 6.07) is 1.66. The SMILES string of the molecule is CC1(C)[C@H]2CC=C(CN3CCC(n4cc(O)n(-c5cc(F)cc(C(F)(F)F)c5)c4=O)CC3)[C@@H]1C2. The van der Waals surface area contributed by atoms with Gasteiger partial charge < -0.3 is 5.11 Å². The summed E-state index contributed by atoms with van der Waals surface area (Å²) in [7, 11) is 0. The number of hydrogen-bond acceptors (Lipinski definition) is 3. The van der Waals surface area contributed by atoms with Gasteiger partial charge >= 0.3 is 11.9 Å². The quantitative estimate of drug-likeness (QED) is 0.489. The number of hydrogen-bond donors (Lipinski definition) is 1. The van der Waals surface area contributed by atoms with Crippen molar-refractivity contribution in [2.75, 3.05) is 19.6 Å². The van der Waals surface area contributed by atoms with Gasteiger partial charge in [-0.3, -0.25) is 9.47 Å². The molecule has 1 aromatic heterocycles. The van der Waals surface area contributed by atoms with E-state index in [1.165, 1.54) is 22.8 Å². The van der Waals surface area contributed by atoms with Crippen LogP contribution in [0, 0.1) is 23.1 Å². The lowest BCUT2D eigenvalue weighted by Gasteiger charge is -2.57. The molecule has 2 bridgehead atoms. The Morgan fingerprint density at radius 2 is 1.85 bits per heavy atom. The Bertz CT molecular complexity index is 1190. The predicted molar refractivity (Wildman–Crippen MR) is 119 cm³/mol. The van der Waals surface area contributed by atoms with Crippen LogP contribution in [0.3, 0.4) is 0 Å². The molecule has 9 heteroatoms. The minimum Gasteiger partial charge on any atom is -0.493 e. The summed E-state index contributed by atoms with van der Waals surface area (Å²) < 4.78 is 55.3. The first-order chi connectivity index (χ1) is 15.9. The zero-order chi connectivity index (χ0) is 24.4. The second kappa shape index (κ2) is 8.00. The van der Waals surface area contributed by atoms with Crippen LogP contribution < -0.4 is 5.69 Å². The summed E-state index contributed by atoms with van der Waals surface area (Å²) in [6.45, 7) is 7.21. The fraction of sp³-hybridized carbons (Fsp3) is 0.560. The number of aromatic nitrogens is 2. The van der Waals surface area contributed by atoms with Crippen molar-refractivity contribution in [3.63, 3.8) is 0 Å². The van der Waals surface area contributed by atoms with Crippen LogP contribution in [0.1, 0.15) is 51.1 Å². The minimum atomic E-state index is -4.77. The highest BCUT2D eigenvalue weighted by molar-refractivity contribution is 5.40. The molecule has 1 N–H and O–H groups in total. The average molecular weight is 480 g/mol. The van der Waals surface area contributed by atoms with E-state index in [0.717, 1.165) is 42.6 Å². The summed E-state index contributed by atoms with van der Waals surface area (Å²) in [5.74, 6) is -0.207. The summed E-state index contributed by atoms with van der Waals surface area (Å²) in [6.07, 6.45) is 2.65. The number of allylic oxidation sites excluding steroid dienone is 1. The Morgan fingerprint density at radius 1 is 1.15 bits per heavy atom. The lowest BCUT2D eigenvalue weighted by atomic mass is 9.49. The molecule has 184 valence electrons. The average Bonchev–Trinajstić information content (AvgIpc) is 3.07. The molecule has 3 aliphatic carbocycles. The Morgan fingerprint density at radius 3 is 2.47 bits per heavy atom. The van der Waals surface area contributed by atoms with Crippen molar-refractivity contribution in [3.8, 4) is 11.6 Å². The normalized spacial score (nSPS) is 25.2. The number of nitrogens with zero attached hydrogens (tertiary/aromatic N) is 3. The number of piperidine rings is 1. The standard InChI is InChI=1S/C25H29F4N3O2/c1-24(2)16-4-3-15(21(24)11-16)13-30-7-5-19(6-8-30)31-14-22(33)32(23(31)34)20-10-17(25(27,28)29)9-18(26)12-20/h3,9-10,12,14,16,19,21,33H,4-8,11,13H2,1-2H3/t16-,21-/m0/s1. The number of likely N-dealkylation sites (tertiary alicyclic amines) is 1. The number of rotatable bonds is 4. The molecule has 1 saturated carbocycles. The smallest absolute Gasteiger partial charge is 0.416 e. The molecule has 5 nitrogen and oxygen atoms in total. The van der Waals surface area contributed by atoms with E-state index in [-0.39, 0.29) is 11.7 Å². The van der Waals surface area contributed by atoms with Crippen LogP contribution in [0.5, 0.6) is 5.88 Å². The Kier molecular flexibility index (Phi) is 5.46. The van der Waals surface area contributed by atoms with E-state index in [1.807, 2.05) is 0 Å². The van der Waals surface area contributed by atoms with Crippen LogP contribution in [0.25, 0.3) is 5.69 Å². The van der Waals surface area contributed by atoms with E-state index < -0.39 is 29.1 Å². The monoisotopic (exact) mass is 479 g/mol. The third-order valence-corrected chi connectivity index (χ3v) is 8.30. The minimum absolute atomic E-state index is 0.184. The van der Waals surface area contributed by atoms with E-state index in [2.05, 4.69) is 24.8 Å². The lowest BCUT2D eigenvalue weighted by Crippen LogP contribution is -2.50. The number of aromatic hydroxyl groups is 1. The highest BCUT2D eigenvalue weighted by atomic mass is 19.4. The third-order valence-electron chi connectivity index (χ3n) is 8.30. The van der Waals surface area contributed by atoms with Gasteiger partial charge in [0.1, 0.15) is 5.82 Å². The summed E-state index contributed by atoms with van der Waals surface area (Å²) in [5.41, 5.74) is -0.353. The van der Waals surface area contributed by atoms with Gasteiger partial charge in [-0.15, -0.1) is 0 Å². The van der Waals surface area contributed by atoms with Gasteiger partial charge in [0.25, 0.3) is 0 Å². The molecule has 2 heterocycles. The number of halogens is 4. The molecule has 1 aromatic carbocycles. The number of imidazole rings is 1. The first kappa shape index (κ1) is 23.2. The van der Waals surface area contributed by atoms with Gasteiger partial charge in [0.15, 0.2) is 0 Å². The van der Waals surface area contributed by atoms with Gasteiger partial charge in [-0.2, -0.15) is 13.2 Å². The number of fused-ring (bicyclic) bond motifs is 1. The van der Waals surface area contributed by atoms with E-state index in [4.69, 9.17) is 0 Å². The molecular formula is C25H29F4N3O2. The van der Waals surface area contributed by atoms with Gasteiger partial charge in [-0.1, -0.05) is 25.5 Å². The van der Waals surface area contributed by atoms with Crippen molar-refractivity contribution >= 4 is 0 Å². The van der Waals surface area contributed by atoms with Crippen molar-refractivity contribution in [3.05, 3.63) is 57.9 Å². The van der Waals surface area contributed by atoms with Gasteiger partial charge in [0, 0.05) is 25.7 Å². The van der Waals surface area contributed by atoms with Crippen LogP contribution in [-0.4, -0.2) is 38.8 Å². The molecule has 2 aromatic rings. The van der Waals surface area contributed by atoms with Gasteiger partial charge in [-0.25, -0.2) is 13.8 Å². The maximum atomic E-state index is 13.9. The second-order valence-corrected chi connectivity index (χ2v) is 10.5. The van der Waals surface area contributed by atoms with Crippen LogP contribution in [0.2, 0.25) is 0 Å². The van der Waals surface area contributed by atoms with Crippen LogP contribution in [0.15, 0.2) is 40.8 Å². The first-order valence-electron chi connectivity index (χ1n) is 11.8. The Labute approximate surface area is 195 Å². The molecular weight excluding hydrogens is 450 g/mol. The van der Waals surface area contributed by atoms with Crippen molar-refractivity contribution in [2.24, 2.45) is 17.3 Å². The molecule has 0 unspecified atom stereocenters. The molecule has 1 saturated heterocycles. The molecule has 0 amide bonds. The molecule has 1 aliphatic heterocycles. The molecule has 4 aliphatic rings. The van der Waals surface area contributed by atoms with Gasteiger partial charge in [0.05, 0.1) is 17.4 Å². The van der Waals surface area contributed by atoms with Gasteiger partial charge in [-0.05, 0) is 61.1 Å². The largest absolute Gasteiger partial charge is 0.493 e. The molecule has 2 atom stereocenters. The van der Waals surface area contributed by atoms with E-state index in [9.17, 15) is 27.5 Å². The summed E-state index contributed by atoms with van der Waals surface area (Å²) in [4.78, 5) is 15.4. The Balaban J connectivity index is 1.31. The van der Waals surface area contributed by atoms with Crippen molar-refractivity contribution < 1.29 is 22.7 Å². The lowest BCUT2D eigenvalue weighted by molar-refractivity contribution is -0.137. The zero-order valence-corrected chi connectivity index (χ0v) is 19.3. The van der Waals surface area contributed by atoms with E-state index in [1.54, 1.807) is 0 Å². The summed E-state index contributed by atoms with van der Waals surface area (Å²) >= 11 is 0. The highest BCUT2D eigenvalue weighted by Gasteiger charge is 2.51. The van der Waals surface area contributed by atoms with E-state index >= 15 is 0 Å². The number of benzene rings is 1. The van der Waals surface area contributed by atoms with Crippen LogP contribution in [0.4, 0.5) is 17.6 Å². The molecule has 0 spiro atoms. The van der Waals surface area contributed by atoms with Gasteiger partial charge in [0.2, 0.25) is 5.88 Å².